The van der Waals surface area contributed by atoms with Crippen molar-refractivity contribution in [2.75, 3.05) is 30.2 Å². The zero-order valence-corrected chi connectivity index (χ0v) is 15.4. The lowest BCUT2D eigenvalue weighted by Crippen LogP contribution is -2.39. The molecule has 0 spiro atoms. The lowest BCUT2D eigenvalue weighted by atomic mass is 10.00. The molecule has 1 aliphatic heterocycles. The van der Waals surface area contributed by atoms with Crippen LogP contribution in [0.3, 0.4) is 0 Å². The van der Waals surface area contributed by atoms with Crippen LogP contribution in [0.1, 0.15) is 32.6 Å². The molecule has 8 heteroatoms. The molecule has 0 N–H and O–H groups in total. The third-order valence-corrected chi connectivity index (χ3v) is 5.55. The highest BCUT2D eigenvalue weighted by Crippen LogP contribution is 2.22. The van der Waals surface area contributed by atoms with Gasteiger partial charge in [-0.1, -0.05) is 6.92 Å². The molecule has 0 unspecified atom stereocenters. The van der Waals surface area contributed by atoms with E-state index in [2.05, 4.69) is 6.92 Å². The van der Waals surface area contributed by atoms with Gasteiger partial charge >= 0.3 is 0 Å². The fraction of sp³-hybridized carbons (Fsp3) is 0.588. The number of nitrogens with zero attached hydrogens (tertiary/aromatic N) is 2. The lowest BCUT2D eigenvalue weighted by Gasteiger charge is -2.31. The highest BCUT2D eigenvalue weighted by atomic mass is 32.2. The lowest BCUT2D eigenvalue weighted by molar-refractivity contribution is -0.132. The van der Waals surface area contributed by atoms with Gasteiger partial charge in [0.15, 0.2) is 11.6 Å². The summed E-state index contributed by atoms with van der Waals surface area (Å²) >= 11 is 0. The van der Waals surface area contributed by atoms with Gasteiger partial charge in [-0.15, -0.1) is 0 Å². The van der Waals surface area contributed by atoms with Crippen LogP contribution in [0.15, 0.2) is 18.2 Å². The van der Waals surface area contributed by atoms with Gasteiger partial charge in [-0.25, -0.2) is 17.2 Å². The average molecular weight is 374 g/mol. The SMILES string of the molecule is C[C@@H]1CCCN(C(=O)CCCN(c2ccc(F)c(F)c2)S(C)(=O)=O)C1. The van der Waals surface area contributed by atoms with Crippen molar-refractivity contribution in [3.63, 3.8) is 0 Å². The van der Waals surface area contributed by atoms with Crippen molar-refractivity contribution in [2.24, 2.45) is 5.92 Å². The number of anilines is 1. The number of carbonyl (C=O) groups excluding carboxylic acids is 1. The van der Waals surface area contributed by atoms with Crippen molar-refractivity contribution in [2.45, 2.75) is 32.6 Å². The predicted molar refractivity (Wildman–Crippen MR) is 92.8 cm³/mol. The van der Waals surface area contributed by atoms with Crippen LogP contribution in [0.4, 0.5) is 14.5 Å². The van der Waals surface area contributed by atoms with E-state index in [0.29, 0.717) is 12.3 Å². The zero-order valence-electron chi connectivity index (χ0n) is 14.5. The van der Waals surface area contributed by atoms with Crippen LogP contribution in [0.25, 0.3) is 0 Å². The largest absolute Gasteiger partial charge is 0.342 e. The van der Waals surface area contributed by atoms with E-state index in [9.17, 15) is 22.0 Å². The van der Waals surface area contributed by atoms with Crippen molar-refractivity contribution >= 4 is 21.6 Å². The molecule has 1 amide bonds. The molecule has 5 nitrogen and oxygen atoms in total. The Morgan fingerprint density at radius 2 is 2.04 bits per heavy atom. The minimum atomic E-state index is -3.66. The Morgan fingerprint density at radius 1 is 1.32 bits per heavy atom. The van der Waals surface area contributed by atoms with Gasteiger partial charge in [-0.3, -0.25) is 9.10 Å². The molecule has 1 aromatic rings. The topological polar surface area (TPSA) is 57.7 Å². The molecule has 1 aliphatic rings. The number of hydrogen-bond acceptors (Lipinski definition) is 3. The molecule has 1 fully saturated rings. The zero-order chi connectivity index (χ0) is 18.6. The summed E-state index contributed by atoms with van der Waals surface area (Å²) < 4.78 is 51.4. The molecule has 1 atom stereocenters. The molecule has 0 bridgehead atoms. The molecule has 0 aromatic heterocycles. The predicted octanol–water partition coefficient (Wildman–Crippen LogP) is 2.77. The fourth-order valence-electron chi connectivity index (χ4n) is 3.07. The van der Waals surface area contributed by atoms with Crippen LogP contribution in [0.2, 0.25) is 0 Å². The van der Waals surface area contributed by atoms with Crippen LogP contribution in [0, 0.1) is 17.6 Å². The van der Waals surface area contributed by atoms with Gasteiger partial charge in [-0.2, -0.15) is 0 Å². The first-order chi connectivity index (χ1) is 11.7. The minimum absolute atomic E-state index is 0.00490. The molecule has 0 aliphatic carbocycles. The molecule has 140 valence electrons. The van der Waals surface area contributed by atoms with Crippen LogP contribution >= 0.6 is 0 Å². The summed E-state index contributed by atoms with van der Waals surface area (Å²) in [5.74, 6) is -1.66. The number of amides is 1. The Balaban J connectivity index is 1.99. The Hall–Kier alpha value is -1.70. The smallest absolute Gasteiger partial charge is 0.232 e. The number of rotatable bonds is 6. The number of benzene rings is 1. The first kappa shape index (κ1) is 19.6. The van der Waals surface area contributed by atoms with Crippen molar-refractivity contribution in [1.82, 2.24) is 4.90 Å². The standard InChI is InChI=1S/C17H24F2N2O3S/c1-13-5-3-9-20(12-13)17(22)6-4-10-21(25(2,23)24)14-7-8-15(18)16(19)11-14/h7-8,11,13H,3-6,9-10,12H2,1-2H3/t13-/m1/s1. The van der Waals surface area contributed by atoms with Gasteiger partial charge in [0.05, 0.1) is 11.9 Å². The van der Waals surface area contributed by atoms with Crippen molar-refractivity contribution < 1.29 is 22.0 Å². The van der Waals surface area contributed by atoms with E-state index in [1.807, 2.05) is 4.90 Å². The fourth-order valence-corrected chi connectivity index (χ4v) is 4.03. The van der Waals surface area contributed by atoms with E-state index in [1.165, 1.54) is 6.07 Å². The van der Waals surface area contributed by atoms with E-state index >= 15 is 0 Å². The molecule has 1 saturated heterocycles. The molecular weight excluding hydrogens is 350 g/mol. The summed E-state index contributed by atoms with van der Waals surface area (Å²) in [5.41, 5.74) is 0.0560. The molecule has 2 rings (SSSR count). The van der Waals surface area contributed by atoms with Crippen LogP contribution in [-0.4, -0.2) is 45.1 Å². The Morgan fingerprint density at radius 3 is 2.64 bits per heavy atom. The summed E-state index contributed by atoms with van der Waals surface area (Å²) in [6.45, 7) is 3.62. The van der Waals surface area contributed by atoms with Crippen molar-refractivity contribution in [3.8, 4) is 0 Å². The van der Waals surface area contributed by atoms with E-state index < -0.39 is 21.7 Å². The second kappa shape index (κ2) is 8.12. The molecule has 25 heavy (non-hydrogen) atoms. The van der Waals surface area contributed by atoms with Gasteiger partial charge in [0, 0.05) is 32.1 Å². The van der Waals surface area contributed by atoms with Crippen LogP contribution < -0.4 is 4.31 Å². The highest BCUT2D eigenvalue weighted by molar-refractivity contribution is 7.92. The quantitative estimate of drug-likeness (QED) is 0.769. The second-order valence-electron chi connectivity index (χ2n) is 6.62. The summed E-state index contributed by atoms with van der Waals surface area (Å²) in [7, 11) is -3.66. The number of hydrogen-bond donors (Lipinski definition) is 0. The molecular formula is C17H24F2N2O3S. The molecule has 1 aromatic carbocycles. The van der Waals surface area contributed by atoms with Gasteiger partial charge < -0.3 is 4.90 Å². The van der Waals surface area contributed by atoms with E-state index in [1.54, 1.807) is 0 Å². The van der Waals surface area contributed by atoms with Crippen LogP contribution in [0.5, 0.6) is 0 Å². The highest BCUT2D eigenvalue weighted by Gasteiger charge is 2.22. The minimum Gasteiger partial charge on any atom is -0.342 e. The number of carbonyl (C=O) groups is 1. The summed E-state index contributed by atoms with van der Waals surface area (Å²) in [6.07, 6.45) is 3.64. The van der Waals surface area contributed by atoms with Crippen molar-refractivity contribution in [3.05, 3.63) is 29.8 Å². The summed E-state index contributed by atoms with van der Waals surface area (Å²) in [6, 6.07) is 2.96. The normalized spacial score (nSPS) is 18.2. The number of halogens is 2. The first-order valence-corrected chi connectivity index (χ1v) is 10.2. The Kier molecular flexibility index (Phi) is 6.37. The van der Waals surface area contributed by atoms with E-state index in [0.717, 1.165) is 48.6 Å². The van der Waals surface area contributed by atoms with Gasteiger partial charge in [-0.05, 0) is 37.3 Å². The maximum absolute atomic E-state index is 13.4. The monoisotopic (exact) mass is 374 g/mol. The maximum atomic E-state index is 13.4. The third-order valence-electron chi connectivity index (χ3n) is 4.35. The van der Waals surface area contributed by atoms with E-state index in [4.69, 9.17) is 0 Å². The van der Waals surface area contributed by atoms with Gasteiger partial charge in [0.2, 0.25) is 15.9 Å². The summed E-state index contributed by atoms with van der Waals surface area (Å²) in [5, 5.41) is 0. The number of sulfonamides is 1. The summed E-state index contributed by atoms with van der Waals surface area (Å²) in [4.78, 5) is 14.1. The number of piperidine rings is 1. The maximum Gasteiger partial charge on any atom is 0.232 e. The second-order valence-corrected chi connectivity index (χ2v) is 8.53. The first-order valence-electron chi connectivity index (χ1n) is 8.39. The average Bonchev–Trinajstić information content (AvgIpc) is 2.53. The van der Waals surface area contributed by atoms with Crippen LogP contribution in [-0.2, 0) is 14.8 Å². The Labute approximate surface area is 147 Å². The van der Waals surface area contributed by atoms with Gasteiger partial charge in [0.25, 0.3) is 0 Å². The van der Waals surface area contributed by atoms with E-state index in [-0.39, 0.29) is 24.6 Å². The van der Waals surface area contributed by atoms with Crippen molar-refractivity contribution in [1.29, 1.82) is 0 Å². The third kappa shape index (κ3) is 5.39. The Bertz CT molecular complexity index is 725. The molecule has 0 saturated carbocycles. The van der Waals surface area contributed by atoms with Gasteiger partial charge in [0.1, 0.15) is 0 Å². The number of likely N-dealkylation sites (tertiary alicyclic amines) is 1. The molecule has 0 radical (unpaired) electrons. The molecule has 1 heterocycles.